The van der Waals surface area contributed by atoms with Gasteiger partial charge in [-0.25, -0.2) is 0 Å². The van der Waals surface area contributed by atoms with Crippen LogP contribution in [0, 0.1) is 0 Å². The Labute approximate surface area is 103 Å². The third-order valence-corrected chi connectivity index (χ3v) is 4.56. The molecule has 0 unspecified atom stereocenters. The van der Waals surface area contributed by atoms with E-state index in [-0.39, 0.29) is 0 Å². The molecular weight excluding hydrogens is 263 g/mol. The first kappa shape index (κ1) is 11.3. The van der Waals surface area contributed by atoms with Gasteiger partial charge in [0.15, 0.2) is 0 Å². The molecule has 0 radical (unpaired) electrons. The maximum absolute atomic E-state index is 5.21. The van der Waals surface area contributed by atoms with Crippen molar-refractivity contribution in [3.05, 3.63) is 60.2 Å². The van der Waals surface area contributed by atoms with Crippen LogP contribution in [0.5, 0.6) is 5.75 Å². The van der Waals surface area contributed by atoms with Crippen LogP contribution in [0.2, 0.25) is 0 Å². The molecule has 0 aliphatic heterocycles. The van der Waals surface area contributed by atoms with E-state index in [1.165, 1.54) is 10.0 Å². The first-order valence-corrected chi connectivity index (χ1v) is 7.26. The third kappa shape index (κ3) is 3.13. The molecule has 0 atom stereocenters. The monoisotopic (exact) mass is 278 g/mol. The van der Waals surface area contributed by atoms with Gasteiger partial charge in [-0.1, -0.05) is 0 Å². The Balaban J connectivity index is 1.99. The number of benzene rings is 2. The van der Waals surface area contributed by atoms with Crippen LogP contribution in [-0.4, -0.2) is 22.1 Å². The first-order chi connectivity index (χ1) is 7.88. The van der Waals surface area contributed by atoms with Gasteiger partial charge in [0.25, 0.3) is 0 Å². The topological polar surface area (TPSA) is 9.23 Å². The fourth-order valence-electron chi connectivity index (χ4n) is 1.45. The van der Waals surface area contributed by atoms with Crippen molar-refractivity contribution in [2.75, 3.05) is 7.11 Å². The van der Waals surface area contributed by atoms with E-state index in [0.717, 1.165) is 11.1 Å². The van der Waals surface area contributed by atoms with E-state index in [2.05, 4.69) is 48.5 Å². The average molecular weight is 277 g/mol. The zero-order chi connectivity index (χ0) is 11.2. The van der Waals surface area contributed by atoms with E-state index in [4.69, 9.17) is 4.74 Å². The van der Waals surface area contributed by atoms with Crippen molar-refractivity contribution < 1.29 is 4.74 Å². The Kier molecular flexibility index (Phi) is 4.03. The molecule has 0 saturated carbocycles. The summed E-state index contributed by atoms with van der Waals surface area (Å²) < 4.78 is 6.66. The molecule has 0 aliphatic rings. The van der Waals surface area contributed by atoms with Crippen molar-refractivity contribution in [3.8, 4) is 5.75 Å². The van der Waals surface area contributed by atoms with Crippen LogP contribution in [0.15, 0.2) is 54.6 Å². The van der Waals surface area contributed by atoms with Crippen LogP contribution in [0.4, 0.5) is 0 Å². The summed E-state index contributed by atoms with van der Waals surface area (Å²) in [5.41, 5.74) is 1.35. The predicted molar refractivity (Wildman–Crippen MR) is 68.5 cm³/mol. The Morgan fingerprint density at radius 3 is 2.56 bits per heavy atom. The molecule has 2 aromatic rings. The van der Waals surface area contributed by atoms with Gasteiger partial charge in [0.2, 0.25) is 0 Å². The summed E-state index contributed by atoms with van der Waals surface area (Å²) in [6.45, 7) is 0. The number of hydrogen-bond acceptors (Lipinski definition) is 1. The maximum atomic E-state index is 5.21. The standard InChI is InChI=1S/C14H14OSe/c1-15-13-7-5-6-12(10-13)11-16-14-8-3-2-4-9-14/h2-10H,11H2,1H3. The van der Waals surface area contributed by atoms with Crippen molar-refractivity contribution in [1.29, 1.82) is 0 Å². The molecule has 0 aliphatic carbocycles. The summed E-state index contributed by atoms with van der Waals surface area (Å²) in [5.74, 6) is 0.946. The van der Waals surface area contributed by atoms with Gasteiger partial charge in [-0.05, 0) is 0 Å². The minimum atomic E-state index is 0.508. The molecule has 2 heteroatoms. The second kappa shape index (κ2) is 5.74. The van der Waals surface area contributed by atoms with E-state index in [1.807, 2.05) is 6.07 Å². The first-order valence-electron chi connectivity index (χ1n) is 5.19. The minimum absolute atomic E-state index is 0.508. The molecule has 0 bridgehead atoms. The quantitative estimate of drug-likeness (QED) is 0.779. The molecule has 0 fully saturated rings. The molecular formula is C14H14OSe. The van der Waals surface area contributed by atoms with E-state index in [9.17, 15) is 0 Å². The summed E-state index contributed by atoms with van der Waals surface area (Å²) in [7, 11) is 1.71. The molecule has 0 amide bonds. The number of rotatable bonds is 4. The Bertz CT molecular complexity index is 439. The molecule has 16 heavy (non-hydrogen) atoms. The van der Waals surface area contributed by atoms with Gasteiger partial charge >= 0.3 is 102 Å². The van der Waals surface area contributed by atoms with E-state index >= 15 is 0 Å². The summed E-state index contributed by atoms with van der Waals surface area (Å²) in [6.07, 6.45) is 0. The van der Waals surface area contributed by atoms with E-state index in [0.29, 0.717) is 15.0 Å². The summed E-state index contributed by atoms with van der Waals surface area (Å²) >= 11 is 0.508. The second-order valence-electron chi connectivity index (χ2n) is 3.45. The van der Waals surface area contributed by atoms with Crippen LogP contribution in [0.25, 0.3) is 0 Å². The zero-order valence-corrected chi connectivity index (χ0v) is 10.9. The van der Waals surface area contributed by atoms with E-state index < -0.39 is 0 Å². The summed E-state index contributed by atoms with van der Waals surface area (Å²) in [4.78, 5) is 0. The molecule has 0 aromatic heterocycles. The zero-order valence-electron chi connectivity index (χ0n) is 9.22. The molecule has 1 nitrogen and oxygen atoms in total. The molecule has 2 aromatic carbocycles. The average Bonchev–Trinajstić information content (AvgIpc) is 2.38. The summed E-state index contributed by atoms with van der Waals surface area (Å²) in [6, 6.07) is 19.0. The fourth-order valence-corrected chi connectivity index (χ4v) is 3.26. The Morgan fingerprint density at radius 2 is 1.81 bits per heavy atom. The van der Waals surface area contributed by atoms with Crippen molar-refractivity contribution >= 4 is 19.4 Å². The van der Waals surface area contributed by atoms with Gasteiger partial charge in [-0.15, -0.1) is 0 Å². The van der Waals surface area contributed by atoms with Crippen molar-refractivity contribution in [2.24, 2.45) is 0 Å². The Hall–Kier alpha value is -1.24. The predicted octanol–water partition coefficient (Wildman–Crippen LogP) is 2.22. The van der Waals surface area contributed by atoms with Gasteiger partial charge < -0.3 is 0 Å². The van der Waals surface area contributed by atoms with Crippen LogP contribution < -0.4 is 9.20 Å². The summed E-state index contributed by atoms with van der Waals surface area (Å²) in [5, 5.41) is 1.12. The second-order valence-corrected chi connectivity index (χ2v) is 5.65. The number of ether oxygens (including phenoxy) is 1. The Morgan fingerprint density at radius 1 is 1.00 bits per heavy atom. The van der Waals surface area contributed by atoms with Crippen LogP contribution in [-0.2, 0) is 5.32 Å². The SMILES string of the molecule is COc1cccc(C[Se]c2ccccc2)c1. The molecule has 0 heterocycles. The van der Waals surface area contributed by atoms with Gasteiger partial charge in [0.1, 0.15) is 0 Å². The van der Waals surface area contributed by atoms with Crippen molar-refractivity contribution in [3.63, 3.8) is 0 Å². The molecule has 0 N–H and O–H groups in total. The normalized spacial score (nSPS) is 10.1. The van der Waals surface area contributed by atoms with Crippen LogP contribution >= 0.6 is 0 Å². The van der Waals surface area contributed by atoms with Gasteiger partial charge in [-0.3, -0.25) is 0 Å². The fraction of sp³-hybridized carbons (Fsp3) is 0.143. The van der Waals surface area contributed by atoms with Crippen LogP contribution in [0.1, 0.15) is 5.56 Å². The number of hydrogen-bond donors (Lipinski definition) is 0. The molecule has 0 saturated heterocycles. The van der Waals surface area contributed by atoms with Gasteiger partial charge in [-0.2, -0.15) is 0 Å². The molecule has 82 valence electrons. The third-order valence-electron chi connectivity index (χ3n) is 2.28. The van der Waals surface area contributed by atoms with Crippen molar-refractivity contribution in [2.45, 2.75) is 5.32 Å². The molecule has 2 rings (SSSR count). The van der Waals surface area contributed by atoms with Gasteiger partial charge in [0, 0.05) is 0 Å². The number of methoxy groups -OCH3 is 1. The molecule has 0 spiro atoms. The van der Waals surface area contributed by atoms with E-state index in [1.54, 1.807) is 7.11 Å². The van der Waals surface area contributed by atoms with Crippen LogP contribution in [0.3, 0.4) is 0 Å². The van der Waals surface area contributed by atoms with Gasteiger partial charge in [0.05, 0.1) is 0 Å². The van der Waals surface area contributed by atoms with Crippen molar-refractivity contribution in [1.82, 2.24) is 0 Å².